The van der Waals surface area contributed by atoms with E-state index in [0.717, 1.165) is 11.1 Å². The second-order valence-electron chi connectivity index (χ2n) is 4.09. The van der Waals surface area contributed by atoms with Gasteiger partial charge in [0.05, 0.1) is 11.5 Å². The predicted molar refractivity (Wildman–Crippen MR) is 60.7 cm³/mol. The second kappa shape index (κ2) is 3.27. The first kappa shape index (κ1) is 9.28. The van der Waals surface area contributed by atoms with Crippen LogP contribution in [0.2, 0.25) is 0 Å². The van der Waals surface area contributed by atoms with Crippen molar-refractivity contribution in [1.29, 1.82) is 0 Å². The Labute approximate surface area is 93.3 Å². The van der Waals surface area contributed by atoms with Crippen LogP contribution in [0, 0.1) is 5.92 Å². The smallest absolute Gasteiger partial charge is 0.178 e. The van der Waals surface area contributed by atoms with Gasteiger partial charge >= 0.3 is 0 Å². The number of fused-ring (bicyclic) bond motifs is 1. The summed E-state index contributed by atoms with van der Waals surface area (Å²) in [7, 11) is 0. The van der Waals surface area contributed by atoms with Crippen LogP contribution in [-0.4, -0.2) is 11.6 Å². The maximum Gasteiger partial charge on any atom is 0.178 e. The van der Waals surface area contributed by atoms with E-state index < -0.39 is 0 Å². The molecule has 78 valence electrons. The van der Waals surface area contributed by atoms with Gasteiger partial charge in [-0.25, -0.2) is 0 Å². The summed E-state index contributed by atoms with van der Waals surface area (Å²) in [6.07, 6.45) is 13.5. The van der Waals surface area contributed by atoms with Crippen molar-refractivity contribution in [3.63, 3.8) is 0 Å². The summed E-state index contributed by atoms with van der Waals surface area (Å²) in [4.78, 5) is 23.9. The van der Waals surface area contributed by atoms with Gasteiger partial charge in [-0.2, -0.15) is 0 Å². The molecule has 0 aromatic carbocycles. The van der Waals surface area contributed by atoms with Crippen molar-refractivity contribution in [1.82, 2.24) is 0 Å². The molecule has 3 rings (SSSR count). The number of Topliss-reactive ketones (excluding diaryl/α,β-unsaturated/α-hetero) is 2. The molecule has 0 heterocycles. The molecule has 0 aliphatic heterocycles. The molecule has 3 aliphatic rings. The summed E-state index contributed by atoms with van der Waals surface area (Å²) in [5, 5.41) is 0. The molecular weight excluding hydrogens is 200 g/mol. The first-order valence-corrected chi connectivity index (χ1v) is 5.32. The van der Waals surface area contributed by atoms with Crippen molar-refractivity contribution in [2.45, 2.75) is 6.42 Å². The average molecular weight is 210 g/mol. The number of hydrogen-bond donors (Lipinski definition) is 0. The van der Waals surface area contributed by atoms with Crippen LogP contribution in [0.4, 0.5) is 0 Å². The van der Waals surface area contributed by atoms with Crippen molar-refractivity contribution in [3.8, 4) is 0 Å². The Bertz CT molecular complexity index is 539. The number of hydrogen-bond acceptors (Lipinski definition) is 2. The lowest BCUT2D eigenvalue weighted by Crippen LogP contribution is -2.27. The lowest BCUT2D eigenvalue weighted by molar-refractivity contribution is -0.122. The van der Waals surface area contributed by atoms with Crippen LogP contribution in [0.5, 0.6) is 0 Å². The van der Waals surface area contributed by atoms with Crippen LogP contribution >= 0.6 is 0 Å². The number of carbonyl (C=O) groups is 2. The predicted octanol–water partition coefficient (Wildman–Crippen LogP) is 2.06. The fraction of sp³-hybridized carbons (Fsp3) is 0.143. The van der Waals surface area contributed by atoms with Crippen molar-refractivity contribution >= 4 is 11.6 Å². The standard InChI is InChI=1S/C14H10O2/c15-12-7-3-5-10-8-9-4-1-2-6-11(9)14(16)13(10)12/h1-6,8,11H,7H2. The lowest BCUT2D eigenvalue weighted by atomic mass is 9.77. The van der Waals surface area contributed by atoms with Gasteiger partial charge in [0.2, 0.25) is 0 Å². The van der Waals surface area contributed by atoms with Crippen LogP contribution in [0.25, 0.3) is 0 Å². The third kappa shape index (κ3) is 1.20. The Kier molecular flexibility index (Phi) is 1.90. The molecule has 0 amide bonds. The molecule has 3 aliphatic carbocycles. The van der Waals surface area contributed by atoms with Crippen LogP contribution in [0.3, 0.4) is 0 Å². The molecule has 0 fully saturated rings. The van der Waals surface area contributed by atoms with E-state index in [1.54, 1.807) is 0 Å². The summed E-state index contributed by atoms with van der Waals surface area (Å²) < 4.78 is 0. The highest BCUT2D eigenvalue weighted by Crippen LogP contribution is 2.33. The number of allylic oxidation sites excluding steroid dienone is 10. The largest absolute Gasteiger partial charge is 0.294 e. The summed E-state index contributed by atoms with van der Waals surface area (Å²) in [5.74, 6) is -0.359. The molecule has 2 heteroatoms. The summed E-state index contributed by atoms with van der Waals surface area (Å²) in [5.41, 5.74) is 2.13. The summed E-state index contributed by atoms with van der Waals surface area (Å²) >= 11 is 0. The molecule has 0 saturated carbocycles. The molecule has 0 N–H and O–H groups in total. The molecule has 0 spiro atoms. The molecule has 0 bridgehead atoms. The van der Waals surface area contributed by atoms with E-state index in [4.69, 9.17) is 0 Å². The first-order valence-electron chi connectivity index (χ1n) is 5.32. The molecule has 2 nitrogen and oxygen atoms in total. The summed E-state index contributed by atoms with van der Waals surface area (Å²) in [6, 6.07) is 0. The van der Waals surface area contributed by atoms with Gasteiger partial charge in [-0.15, -0.1) is 0 Å². The van der Waals surface area contributed by atoms with Gasteiger partial charge in [0.15, 0.2) is 11.6 Å². The molecule has 16 heavy (non-hydrogen) atoms. The van der Waals surface area contributed by atoms with E-state index in [-0.39, 0.29) is 17.5 Å². The van der Waals surface area contributed by atoms with Gasteiger partial charge in [0.1, 0.15) is 0 Å². The van der Waals surface area contributed by atoms with E-state index >= 15 is 0 Å². The Balaban J connectivity index is 2.18. The molecule has 1 unspecified atom stereocenters. The van der Waals surface area contributed by atoms with E-state index in [9.17, 15) is 9.59 Å². The third-order valence-electron chi connectivity index (χ3n) is 3.08. The molecule has 0 aromatic heterocycles. The Morgan fingerprint density at radius 1 is 1.12 bits per heavy atom. The monoisotopic (exact) mass is 210 g/mol. The highest BCUT2D eigenvalue weighted by molar-refractivity contribution is 6.25. The zero-order chi connectivity index (χ0) is 11.1. The van der Waals surface area contributed by atoms with Crippen molar-refractivity contribution in [3.05, 3.63) is 59.3 Å². The number of carbonyl (C=O) groups excluding carboxylic acids is 2. The van der Waals surface area contributed by atoms with Gasteiger partial charge < -0.3 is 0 Å². The van der Waals surface area contributed by atoms with Gasteiger partial charge in [0, 0.05) is 6.42 Å². The average Bonchev–Trinajstić information content (AvgIpc) is 2.29. The SMILES string of the molecule is O=C1CC=CC2=C1C(=O)C1C=CC=CC1=C2. The van der Waals surface area contributed by atoms with E-state index in [2.05, 4.69) is 0 Å². The van der Waals surface area contributed by atoms with Gasteiger partial charge in [-0.05, 0) is 17.2 Å². The zero-order valence-corrected chi connectivity index (χ0v) is 8.64. The van der Waals surface area contributed by atoms with E-state index in [0.29, 0.717) is 12.0 Å². The van der Waals surface area contributed by atoms with Gasteiger partial charge in [0.25, 0.3) is 0 Å². The van der Waals surface area contributed by atoms with Crippen molar-refractivity contribution in [2.24, 2.45) is 5.92 Å². The van der Waals surface area contributed by atoms with E-state index in [1.165, 1.54) is 0 Å². The quantitative estimate of drug-likeness (QED) is 0.573. The number of ketones is 2. The Morgan fingerprint density at radius 3 is 2.88 bits per heavy atom. The minimum atomic E-state index is -0.251. The first-order chi connectivity index (χ1) is 7.77. The zero-order valence-electron chi connectivity index (χ0n) is 8.64. The lowest BCUT2D eigenvalue weighted by Gasteiger charge is -2.24. The highest BCUT2D eigenvalue weighted by atomic mass is 16.1. The van der Waals surface area contributed by atoms with Crippen molar-refractivity contribution in [2.75, 3.05) is 0 Å². The summed E-state index contributed by atoms with van der Waals surface area (Å²) in [6.45, 7) is 0. The van der Waals surface area contributed by atoms with Crippen LogP contribution in [0.15, 0.2) is 59.3 Å². The fourth-order valence-corrected chi connectivity index (χ4v) is 2.31. The van der Waals surface area contributed by atoms with Gasteiger partial charge in [-0.1, -0.05) is 36.5 Å². The maximum atomic E-state index is 12.2. The normalized spacial score (nSPS) is 26.8. The molecular formula is C14H10O2. The van der Waals surface area contributed by atoms with E-state index in [1.807, 2.05) is 42.5 Å². The van der Waals surface area contributed by atoms with Crippen molar-refractivity contribution < 1.29 is 9.59 Å². The molecule has 0 radical (unpaired) electrons. The second-order valence-corrected chi connectivity index (χ2v) is 4.09. The maximum absolute atomic E-state index is 12.2. The fourth-order valence-electron chi connectivity index (χ4n) is 2.31. The Hall–Kier alpha value is -1.96. The van der Waals surface area contributed by atoms with Crippen LogP contribution < -0.4 is 0 Å². The van der Waals surface area contributed by atoms with Gasteiger partial charge in [-0.3, -0.25) is 9.59 Å². The highest BCUT2D eigenvalue weighted by Gasteiger charge is 2.33. The molecule has 0 saturated heterocycles. The Morgan fingerprint density at radius 2 is 2.00 bits per heavy atom. The topological polar surface area (TPSA) is 34.1 Å². The number of rotatable bonds is 0. The minimum Gasteiger partial charge on any atom is -0.294 e. The molecule has 0 aromatic rings. The third-order valence-corrected chi connectivity index (χ3v) is 3.08. The van der Waals surface area contributed by atoms with Crippen LogP contribution in [0.1, 0.15) is 6.42 Å². The molecule has 1 atom stereocenters. The minimum absolute atomic E-state index is 0.0533. The van der Waals surface area contributed by atoms with Crippen LogP contribution in [-0.2, 0) is 9.59 Å².